The molecule has 3 aromatic carbocycles. The van der Waals surface area contributed by atoms with Gasteiger partial charge in [0.1, 0.15) is 17.1 Å². The van der Waals surface area contributed by atoms with Gasteiger partial charge >= 0.3 is 0 Å². The van der Waals surface area contributed by atoms with E-state index in [-0.39, 0.29) is 35.4 Å². The molecule has 0 amide bonds. The molecule has 168 valence electrons. The lowest BCUT2D eigenvalue weighted by Crippen LogP contribution is -2.17. The average Bonchev–Trinajstić information content (AvgIpc) is 2.83. The van der Waals surface area contributed by atoms with Crippen molar-refractivity contribution in [2.45, 2.75) is 20.0 Å². The number of rotatable bonds is 8. The van der Waals surface area contributed by atoms with Gasteiger partial charge in [-0.3, -0.25) is 9.59 Å². The number of carbonyl (C=O) groups is 1. The smallest absolute Gasteiger partial charge is 0.235 e. The second kappa shape index (κ2) is 9.61. The molecule has 0 unspecified atom stereocenters. The molecule has 0 bridgehead atoms. The second-order valence-corrected chi connectivity index (χ2v) is 7.72. The number of hydrogen-bond acceptors (Lipinski definition) is 6. The van der Waals surface area contributed by atoms with Crippen LogP contribution < -0.4 is 19.6 Å². The molecule has 0 atom stereocenters. The zero-order valence-electron chi connectivity index (χ0n) is 18.7. The molecule has 0 saturated heterocycles. The summed E-state index contributed by atoms with van der Waals surface area (Å²) in [5.74, 6) is 1.34. The van der Waals surface area contributed by atoms with Crippen molar-refractivity contribution in [3.63, 3.8) is 0 Å². The Morgan fingerprint density at radius 1 is 0.909 bits per heavy atom. The Labute approximate surface area is 191 Å². The first-order valence-electron chi connectivity index (χ1n) is 10.6. The molecule has 33 heavy (non-hydrogen) atoms. The summed E-state index contributed by atoms with van der Waals surface area (Å²) in [6, 6.07) is 20.8. The number of hydrogen-bond donors (Lipinski definition) is 0. The molecular weight excluding hydrogens is 420 g/mol. The van der Waals surface area contributed by atoms with Crippen LogP contribution in [-0.2, 0) is 0 Å². The van der Waals surface area contributed by atoms with Crippen LogP contribution in [0.3, 0.4) is 0 Å². The SMILES string of the molecule is COc1ccc(-c2oc3ccccc3c(=O)c2OCC(=O)c2ccc(OC(C)C)cc2)cc1. The Morgan fingerprint density at radius 2 is 1.58 bits per heavy atom. The van der Waals surface area contributed by atoms with Crippen molar-refractivity contribution in [1.82, 2.24) is 0 Å². The van der Waals surface area contributed by atoms with Crippen molar-refractivity contribution in [1.29, 1.82) is 0 Å². The van der Waals surface area contributed by atoms with Crippen LogP contribution in [-0.4, -0.2) is 25.6 Å². The number of methoxy groups -OCH3 is 1. The van der Waals surface area contributed by atoms with Crippen LogP contribution in [0.1, 0.15) is 24.2 Å². The molecule has 6 heteroatoms. The average molecular weight is 444 g/mol. The molecule has 0 aliphatic carbocycles. The minimum absolute atomic E-state index is 0.00743. The highest BCUT2D eigenvalue weighted by Crippen LogP contribution is 2.32. The van der Waals surface area contributed by atoms with Gasteiger partial charge in [-0.05, 0) is 74.5 Å². The van der Waals surface area contributed by atoms with Crippen molar-refractivity contribution >= 4 is 16.8 Å². The first-order valence-corrected chi connectivity index (χ1v) is 10.6. The maximum atomic E-state index is 13.2. The fraction of sp³-hybridized carbons (Fsp3) is 0.185. The molecule has 0 radical (unpaired) electrons. The molecule has 4 aromatic rings. The number of ketones is 1. The molecule has 0 N–H and O–H groups in total. The zero-order valence-corrected chi connectivity index (χ0v) is 18.7. The van der Waals surface area contributed by atoms with E-state index in [1.165, 1.54) is 0 Å². The number of benzene rings is 3. The van der Waals surface area contributed by atoms with Gasteiger partial charge in [-0.2, -0.15) is 0 Å². The summed E-state index contributed by atoms with van der Waals surface area (Å²) in [6.07, 6.45) is 0.0402. The lowest BCUT2D eigenvalue weighted by Gasteiger charge is -2.12. The van der Waals surface area contributed by atoms with Crippen molar-refractivity contribution in [2.75, 3.05) is 13.7 Å². The van der Waals surface area contributed by atoms with Crippen molar-refractivity contribution < 1.29 is 23.4 Å². The maximum Gasteiger partial charge on any atom is 0.235 e. The molecule has 0 spiro atoms. The van der Waals surface area contributed by atoms with E-state index in [9.17, 15) is 9.59 Å². The molecule has 0 aliphatic rings. The third kappa shape index (κ3) is 4.90. The lowest BCUT2D eigenvalue weighted by molar-refractivity contribution is 0.0920. The quantitative estimate of drug-likeness (QED) is 0.333. The van der Waals surface area contributed by atoms with E-state index >= 15 is 0 Å². The van der Waals surface area contributed by atoms with E-state index in [0.29, 0.717) is 33.6 Å². The Balaban J connectivity index is 1.65. The molecular formula is C27H24O6. The molecule has 0 fully saturated rings. The second-order valence-electron chi connectivity index (χ2n) is 7.72. The van der Waals surface area contributed by atoms with Crippen molar-refractivity contribution in [3.8, 4) is 28.6 Å². The molecule has 6 nitrogen and oxygen atoms in total. The van der Waals surface area contributed by atoms with Gasteiger partial charge in [-0.1, -0.05) is 12.1 Å². The van der Waals surface area contributed by atoms with Crippen molar-refractivity contribution in [3.05, 3.63) is 88.6 Å². The maximum absolute atomic E-state index is 13.2. The van der Waals surface area contributed by atoms with Gasteiger partial charge in [-0.15, -0.1) is 0 Å². The van der Waals surface area contributed by atoms with Crippen LogP contribution in [0.2, 0.25) is 0 Å². The summed E-state index contributed by atoms with van der Waals surface area (Å²) in [4.78, 5) is 25.9. The summed E-state index contributed by atoms with van der Waals surface area (Å²) in [5.41, 5.74) is 1.20. The van der Waals surface area contributed by atoms with E-state index in [4.69, 9.17) is 18.6 Å². The van der Waals surface area contributed by atoms with E-state index in [0.717, 1.165) is 0 Å². The van der Waals surface area contributed by atoms with Gasteiger partial charge in [-0.25, -0.2) is 0 Å². The lowest BCUT2D eigenvalue weighted by atomic mass is 10.1. The van der Waals surface area contributed by atoms with E-state index < -0.39 is 0 Å². The number of carbonyl (C=O) groups excluding carboxylic acids is 1. The first-order chi connectivity index (χ1) is 16.0. The van der Waals surface area contributed by atoms with Crippen LogP contribution in [0.5, 0.6) is 17.2 Å². The van der Waals surface area contributed by atoms with Gasteiger partial charge < -0.3 is 18.6 Å². The summed E-state index contributed by atoms with van der Waals surface area (Å²) >= 11 is 0. The van der Waals surface area contributed by atoms with Crippen molar-refractivity contribution in [2.24, 2.45) is 0 Å². The Hall–Kier alpha value is -4.06. The highest BCUT2D eigenvalue weighted by molar-refractivity contribution is 5.97. The molecule has 0 aliphatic heterocycles. The molecule has 1 heterocycles. The van der Waals surface area contributed by atoms with Crippen LogP contribution in [0.15, 0.2) is 82.0 Å². The summed E-state index contributed by atoms with van der Waals surface area (Å²) in [6.45, 7) is 3.56. The first kappa shape index (κ1) is 22.1. The van der Waals surface area contributed by atoms with Gasteiger partial charge in [0.2, 0.25) is 11.2 Å². The Kier molecular flexibility index (Phi) is 6.45. The number of fused-ring (bicyclic) bond motifs is 1. The van der Waals surface area contributed by atoms with E-state index in [2.05, 4.69) is 0 Å². The number of para-hydroxylation sites is 1. The summed E-state index contributed by atoms with van der Waals surface area (Å²) in [5, 5.41) is 0.382. The molecule has 1 aromatic heterocycles. The minimum Gasteiger partial charge on any atom is -0.497 e. The monoisotopic (exact) mass is 444 g/mol. The fourth-order valence-corrected chi connectivity index (χ4v) is 3.40. The predicted molar refractivity (Wildman–Crippen MR) is 127 cm³/mol. The Bertz CT molecular complexity index is 1320. The van der Waals surface area contributed by atoms with Gasteiger partial charge in [0.25, 0.3) is 0 Å². The van der Waals surface area contributed by atoms with Crippen LogP contribution in [0.25, 0.3) is 22.3 Å². The topological polar surface area (TPSA) is 75.0 Å². The number of Topliss-reactive ketones (excluding diaryl/α,β-unsaturated/α-hetero) is 1. The zero-order chi connectivity index (χ0) is 23.4. The largest absolute Gasteiger partial charge is 0.497 e. The molecule has 4 rings (SSSR count). The minimum atomic E-state index is -0.337. The highest BCUT2D eigenvalue weighted by atomic mass is 16.5. The number of ether oxygens (including phenoxy) is 3. The van der Waals surface area contributed by atoms with Gasteiger partial charge in [0.05, 0.1) is 18.6 Å². The standard InChI is InChI=1S/C27H24O6/c1-17(2)32-21-14-8-18(9-15-21)23(28)16-31-27-25(29)22-6-4-5-7-24(22)33-26(27)19-10-12-20(30-3)13-11-19/h4-15,17H,16H2,1-3H3. The van der Waals surface area contributed by atoms with Crippen LogP contribution in [0.4, 0.5) is 0 Å². The highest BCUT2D eigenvalue weighted by Gasteiger charge is 2.19. The van der Waals surface area contributed by atoms with Gasteiger partial charge in [0, 0.05) is 11.1 Å². The Morgan fingerprint density at radius 3 is 2.24 bits per heavy atom. The third-order valence-electron chi connectivity index (χ3n) is 5.00. The van der Waals surface area contributed by atoms with E-state index in [1.54, 1.807) is 79.9 Å². The van der Waals surface area contributed by atoms with Crippen LogP contribution >= 0.6 is 0 Å². The summed E-state index contributed by atoms with van der Waals surface area (Å²) in [7, 11) is 1.58. The van der Waals surface area contributed by atoms with Gasteiger partial charge in [0.15, 0.2) is 18.2 Å². The predicted octanol–water partition coefficient (Wildman–Crippen LogP) is 5.52. The normalized spacial score (nSPS) is 10.9. The summed E-state index contributed by atoms with van der Waals surface area (Å²) < 4.78 is 22.6. The third-order valence-corrected chi connectivity index (χ3v) is 5.00. The molecule has 0 saturated carbocycles. The fourth-order valence-electron chi connectivity index (χ4n) is 3.40. The van der Waals surface area contributed by atoms with E-state index in [1.807, 2.05) is 13.8 Å². The van der Waals surface area contributed by atoms with Crippen LogP contribution in [0, 0.1) is 0 Å².